The Balaban J connectivity index is 2.30. The summed E-state index contributed by atoms with van der Waals surface area (Å²) in [6.45, 7) is 0. The summed E-state index contributed by atoms with van der Waals surface area (Å²) in [5.74, 6) is -0.228. The quantitative estimate of drug-likeness (QED) is 0.648. The van der Waals surface area contributed by atoms with E-state index in [0.717, 1.165) is 0 Å². The molecule has 1 amide bonds. The Bertz CT molecular complexity index is 718. The molecule has 0 fully saturated rings. The van der Waals surface area contributed by atoms with Crippen molar-refractivity contribution in [1.82, 2.24) is 4.98 Å². The highest BCUT2D eigenvalue weighted by Gasteiger charge is 2.17. The van der Waals surface area contributed by atoms with E-state index in [1.165, 1.54) is 31.5 Å². The van der Waals surface area contributed by atoms with E-state index >= 15 is 0 Å². The van der Waals surface area contributed by atoms with Gasteiger partial charge in [-0.3, -0.25) is 14.9 Å². The number of aromatic nitrogens is 1. The van der Waals surface area contributed by atoms with Gasteiger partial charge in [-0.15, -0.1) is 0 Å². The van der Waals surface area contributed by atoms with Gasteiger partial charge in [0.05, 0.1) is 12.0 Å². The zero-order valence-electron chi connectivity index (χ0n) is 12.0. The molecule has 0 aliphatic carbocycles. The van der Waals surface area contributed by atoms with E-state index in [1.807, 2.05) is 0 Å². The van der Waals surface area contributed by atoms with Crippen molar-refractivity contribution in [2.24, 2.45) is 0 Å². The van der Waals surface area contributed by atoms with Crippen molar-refractivity contribution in [2.75, 3.05) is 24.8 Å². The number of pyridine rings is 1. The van der Waals surface area contributed by atoms with Crippen LogP contribution in [0.5, 0.6) is 5.88 Å². The van der Waals surface area contributed by atoms with Crippen LogP contribution in [-0.4, -0.2) is 30.0 Å². The fourth-order valence-corrected chi connectivity index (χ4v) is 1.88. The number of hydrogen-bond donors (Lipinski definition) is 2. The van der Waals surface area contributed by atoms with Crippen molar-refractivity contribution in [3.05, 3.63) is 52.2 Å². The number of rotatable bonds is 5. The SMILES string of the molecule is CNc1ccc(C(=O)Nc2cccnc2OC)cc1[N+](=O)[O-]. The van der Waals surface area contributed by atoms with E-state index in [4.69, 9.17) is 4.74 Å². The lowest BCUT2D eigenvalue weighted by Gasteiger charge is -2.09. The summed E-state index contributed by atoms with van der Waals surface area (Å²) >= 11 is 0. The monoisotopic (exact) mass is 302 g/mol. The number of methoxy groups -OCH3 is 1. The molecule has 1 heterocycles. The van der Waals surface area contributed by atoms with Crippen molar-refractivity contribution in [2.45, 2.75) is 0 Å². The van der Waals surface area contributed by atoms with Crippen LogP contribution < -0.4 is 15.4 Å². The molecule has 0 radical (unpaired) electrons. The van der Waals surface area contributed by atoms with E-state index in [2.05, 4.69) is 15.6 Å². The van der Waals surface area contributed by atoms with Gasteiger partial charge in [-0.25, -0.2) is 4.98 Å². The van der Waals surface area contributed by atoms with Gasteiger partial charge in [-0.1, -0.05) is 0 Å². The second-order valence-electron chi connectivity index (χ2n) is 4.25. The third kappa shape index (κ3) is 3.11. The van der Waals surface area contributed by atoms with Gasteiger partial charge in [0.1, 0.15) is 11.4 Å². The van der Waals surface area contributed by atoms with Gasteiger partial charge in [0.15, 0.2) is 0 Å². The molecule has 0 unspecified atom stereocenters. The number of ether oxygens (including phenoxy) is 1. The second kappa shape index (κ2) is 6.53. The average molecular weight is 302 g/mol. The molecule has 2 rings (SSSR count). The first kappa shape index (κ1) is 15.2. The Hall–Kier alpha value is -3.16. The summed E-state index contributed by atoms with van der Waals surface area (Å²) in [6.07, 6.45) is 1.53. The average Bonchev–Trinajstić information content (AvgIpc) is 2.54. The lowest BCUT2D eigenvalue weighted by molar-refractivity contribution is -0.384. The van der Waals surface area contributed by atoms with E-state index in [0.29, 0.717) is 11.4 Å². The van der Waals surface area contributed by atoms with Gasteiger partial charge in [0, 0.05) is 24.9 Å². The molecule has 8 heteroatoms. The summed E-state index contributed by atoms with van der Waals surface area (Å²) < 4.78 is 5.04. The van der Waals surface area contributed by atoms with Crippen LogP contribution >= 0.6 is 0 Å². The Labute approximate surface area is 126 Å². The molecule has 1 aromatic heterocycles. The zero-order valence-corrected chi connectivity index (χ0v) is 12.0. The number of nitrogens with zero attached hydrogens (tertiary/aromatic N) is 2. The first-order valence-electron chi connectivity index (χ1n) is 6.33. The molecule has 0 spiro atoms. The van der Waals surface area contributed by atoms with Gasteiger partial charge in [-0.05, 0) is 24.3 Å². The molecule has 114 valence electrons. The normalized spacial score (nSPS) is 9.91. The van der Waals surface area contributed by atoms with Crippen LogP contribution in [0, 0.1) is 10.1 Å². The molecule has 0 saturated carbocycles. The fourth-order valence-electron chi connectivity index (χ4n) is 1.88. The first-order chi connectivity index (χ1) is 10.6. The number of nitro benzene ring substituents is 1. The molecular weight excluding hydrogens is 288 g/mol. The highest BCUT2D eigenvalue weighted by atomic mass is 16.6. The van der Waals surface area contributed by atoms with Crippen LogP contribution in [0.15, 0.2) is 36.5 Å². The number of carbonyl (C=O) groups is 1. The summed E-state index contributed by atoms with van der Waals surface area (Å²) in [7, 11) is 3.01. The van der Waals surface area contributed by atoms with Crippen molar-refractivity contribution < 1.29 is 14.5 Å². The first-order valence-corrected chi connectivity index (χ1v) is 6.33. The molecule has 22 heavy (non-hydrogen) atoms. The maximum atomic E-state index is 12.2. The Kier molecular flexibility index (Phi) is 4.52. The van der Waals surface area contributed by atoms with Gasteiger partial charge < -0.3 is 15.4 Å². The molecule has 0 atom stereocenters. The largest absolute Gasteiger partial charge is 0.480 e. The lowest BCUT2D eigenvalue weighted by atomic mass is 10.1. The van der Waals surface area contributed by atoms with Crippen molar-refractivity contribution in [1.29, 1.82) is 0 Å². The van der Waals surface area contributed by atoms with Crippen molar-refractivity contribution in [3.8, 4) is 5.88 Å². The van der Waals surface area contributed by atoms with Gasteiger partial charge >= 0.3 is 0 Å². The fraction of sp³-hybridized carbons (Fsp3) is 0.143. The number of amides is 1. The highest BCUT2D eigenvalue weighted by Crippen LogP contribution is 2.26. The number of nitrogens with one attached hydrogen (secondary N) is 2. The smallest absolute Gasteiger partial charge is 0.293 e. The molecule has 8 nitrogen and oxygen atoms in total. The van der Waals surface area contributed by atoms with Crippen LogP contribution in [0.25, 0.3) is 0 Å². The number of carbonyl (C=O) groups excluding carboxylic acids is 1. The molecule has 2 N–H and O–H groups in total. The van der Waals surface area contributed by atoms with Crippen molar-refractivity contribution in [3.63, 3.8) is 0 Å². The third-order valence-electron chi connectivity index (χ3n) is 2.94. The van der Waals surface area contributed by atoms with Gasteiger partial charge in [0.25, 0.3) is 11.6 Å². The topological polar surface area (TPSA) is 106 Å². The van der Waals surface area contributed by atoms with Crippen LogP contribution in [0.4, 0.5) is 17.1 Å². The van der Waals surface area contributed by atoms with Crippen LogP contribution in [0.1, 0.15) is 10.4 Å². The number of benzene rings is 1. The van der Waals surface area contributed by atoms with Gasteiger partial charge in [0.2, 0.25) is 5.88 Å². The molecule has 0 aliphatic rings. The summed E-state index contributed by atoms with van der Waals surface area (Å²) in [6, 6.07) is 7.46. The maximum Gasteiger partial charge on any atom is 0.293 e. The molecule has 0 saturated heterocycles. The minimum Gasteiger partial charge on any atom is -0.480 e. The molecule has 1 aromatic carbocycles. The zero-order chi connectivity index (χ0) is 16.1. The molecule has 0 bridgehead atoms. The van der Waals surface area contributed by atoms with Crippen LogP contribution in [0.2, 0.25) is 0 Å². The summed E-state index contributed by atoms with van der Waals surface area (Å²) in [5, 5.41) is 16.3. The number of hydrogen-bond acceptors (Lipinski definition) is 6. The van der Waals surface area contributed by atoms with Gasteiger partial charge in [-0.2, -0.15) is 0 Å². The Morgan fingerprint density at radius 3 is 2.73 bits per heavy atom. The van der Waals surface area contributed by atoms with Crippen LogP contribution in [-0.2, 0) is 0 Å². The maximum absolute atomic E-state index is 12.2. The minimum absolute atomic E-state index is 0.164. The minimum atomic E-state index is -0.548. The third-order valence-corrected chi connectivity index (χ3v) is 2.94. The molecular formula is C14H14N4O4. The number of anilines is 2. The van der Waals surface area contributed by atoms with Crippen molar-refractivity contribution >= 4 is 23.0 Å². The van der Waals surface area contributed by atoms with E-state index in [-0.39, 0.29) is 17.1 Å². The lowest BCUT2D eigenvalue weighted by Crippen LogP contribution is -2.13. The van der Waals surface area contributed by atoms with E-state index in [9.17, 15) is 14.9 Å². The van der Waals surface area contributed by atoms with Crippen LogP contribution in [0.3, 0.4) is 0 Å². The van der Waals surface area contributed by atoms with E-state index in [1.54, 1.807) is 19.2 Å². The molecule has 2 aromatic rings. The Morgan fingerprint density at radius 2 is 2.09 bits per heavy atom. The standard InChI is InChI=1S/C14H14N4O4/c1-15-10-6-5-9(8-12(10)18(20)21)13(19)17-11-4-3-7-16-14(11)22-2/h3-8,15H,1-2H3,(H,17,19). The molecule has 0 aliphatic heterocycles. The Morgan fingerprint density at radius 1 is 1.32 bits per heavy atom. The predicted molar refractivity (Wildman–Crippen MR) is 81.4 cm³/mol. The summed E-state index contributed by atoms with van der Waals surface area (Å²) in [5.41, 5.74) is 0.709. The second-order valence-corrected chi connectivity index (χ2v) is 4.25. The highest BCUT2D eigenvalue weighted by molar-refractivity contribution is 6.05. The van der Waals surface area contributed by atoms with E-state index < -0.39 is 10.8 Å². The number of nitro groups is 1. The predicted octanol–water partition coefficient (Wildman–Crippen LogP) is 2.29. The summed E-state index contributed by atoms with van der Waals surface area (Å²) in [4.78, 5) is 26.7.